The number of hydrogen-bond donors (Lipinski definition) is 0. The zero-order chi connectivity index (χ0) is 9.14. The maximum atomic E-state index is 4.32. The SMILES string of the molecule is CC=C(C)C1=CCN=C(C)N1C. The van der Waals surface area contributed by atoms with Crippen LogP contribution in [0.5, 0.6) is 0 Å². The van der Waals surface area contributed by atoms with Crippen molar-refractivity contribution < 1.29 is 0 Å². The predicted octanol–water partition coefficient (Wildman–Crippen LogP) is 2.20. The van der Waals surface area contributed by atoms with E-state index >= 15 is 0 Å². The van der Waals surface area contributed by atoms with E-state index in [-0.39, 0.29) is 0 Å². The Balaban J connectivity index is 2.87. The Morgan fingerprint density at radius 2 is 2.33 bits per heavy atom. The molecule has 0 spiro atoms. The molecular weight excluding hydrogens is 148 g/mol. The first-order valence-corrected chi connectivity index (χ1v) is 4.25. The summed E-state index contributed by atoms with van der Waals surface area (Å²) in [5, 5.41) is 0. The fourth-order valence-electron chi connectivity index (χ4n) is 1.25. The van der Waals surface area contributed by atoms with E-state index in [2.05, 4.69) is 42.9 Å². The Kier molecular flexibility index (Phi) is 2.69. The van der Waals surface area contributed by atoms with E-state index in [0.29, 0.717) is 0 Å². The molecule has 2 nitrogen and oxygen atoms in total. The normalized spacial score (nSPS) is 19.0. The number of rotatable bonds is 1. The Morgan fingerprint density at radius 1 is 1.67 bits per heavy atom. The molecule has 0 saturated carbocycles. The van der Waals surface area contributed by atoms with Crippen LogP contribution in [-0.2, 0) is 0 Å². The lowest BCUT2D eigenvalue weighted by molar-refractivity contribution is 0.613. The van der Waals surface area contributed by atoms with Gasteiger partial charge in [0.1, 0.15) is 5.84 Å². The van der Waals surface area contributed by atoms with Crippen LogP contribution in [0.4, 0.5) is 0 Å². The highest BCUT2D eigenvalue weighted by Gasteiger charge is 2.11. The molecule has 0 aromatic carbocycles. The number of allylic oxidation sites excluding steroid dienone is 2. The lowest BCUT2D eigenvalue weighted by Crippen LogP contribution is -2.27. The van der Waals surface area contributed by atoms with Gasteiger partial charge in [0.2, 0.25) is 0 Å². The van der Waals surface area contributed by atoms with Crippen molar-refractivity contribution in [1.82, 2.24) is 4.90 Å². The molecule has 1 aliphatic heterocycles. The van der Waals surface area contributed by atoms with Gasteiger partial charge in [-0.15, -0.1) is 0 Å². The highest BCUT2D eigenvalue weighted by Crippen LogP contribution is 2.16. The lowest BCUT2D eigenvalue weighted by Gasteiger charge is -2.25. The smallest absolute Gasteiger partial charge is 0.100 e. The Morgan fingerprint density at radius 3 is 2.92 bits per heavy atom. The third kappa shape index (κ3) is 1.58. The van der Waals surface area contributed by atoms with Crippen LogP contribution < -0.4 is 0 Å². The number of likely N-dealkylation sites (N-methyl/N-ethyl adjacent to an activating group) is 1. The van der Waals surface area contributed by atoms with Gasteiger partial charge < -0.3 is 4.90 Å². The minimum Gasteiger partial charge on any atom is -0.333 e. The summed E-state index contributed by atoms with van der Waals surface area (Å²) in [6, 6.07) is 0. The summed E-state index contributed by atoms with van der Waals surface area (Å²) in [6.07, 6.45) is 4.28. The van der Waals surface area contributed by atoms with Crippen LogP contribution in [0.3, 0.4) is 0 Å². The van der Waals surface area contributed by atoms with Gasteiger partial charge in [-0.05, 0) is 32.4 Å². The zero-order valence-corrected chi connectivity index (χ0v) is 8.26. The molecule has 0 fully saturated rings. The maximum Gasteiger partial charge on any atom is 0.100 e. The standard InChI is InChI=1S/C10H16N2/c1-5-8(2)10-6-7-11-9(3)12(10)4/h5-6H,7H2,1-4H3. The molecule has 1 rings (SSSR count). The summed E-state index contributed by atoms with van der Waals surface area (Å²) in [6.45, 7) is 7.04. The molecule has 66 valence electrons. The number of amidine groups is 1. The van der Waals surface area contributed by atoms with Crippen molar-refractivity contribution in [2.45, 2.75) is 20.8 Å². The Bertz CT molecular complexity index is 259. The third-order valence-corrected chi connectivity index (χ3v) is 2.29. The van der Waals surface area contributed by atoms with Gasteiger partial charge in [0.15, 0.2) is 0 Å². The summed E-state index contributed by atoms with van der Waals surface area (Å²) >= 11 is 0. The van der Waals surface area contributed by atoms with Crippen LogP contribution in [0.25, 0.3) is 0 Å². The van der Waals surface area contributed by atoms with Crippen molar-refractivity contribution in [3.8, 4) is 0 Å². The van der Waals surface area contributed by atoms with Crippen LogP contribution in [-0.4, -0.2) is 24.3 Å². The summed E-state index contributed by atoms with van der Waals surface area (Å²) in [4.78, 5) is 6.44. The van der Waals surface area contributed by atoms with E-state index in [1.54, 1.807) is 0 Å². The van der Waals surface area contributed by atoms with E-state index in [9.17, 15) is 0 Å². The average molecular weight is 164 g/mol. The molecular formula is C10H16N2. The van der Waals surface area contributed by atoms with Gasteiger partial charge in [-0.1, -0.05) is 6.08 Å². The number of nitrogens with zero attached hydrogens (tertiary/aromatic N) is 2. The minimum atomic E-state index is 0.816. The van der Waals surface area contributed by atoms with Crippen LogP contribution in [0.1, 0.15) is 20.8 Å². The van der Waals surface area contributed by atoms with Crippen molar-refractivity contribution in [1.29, 1.82) is 0 Å². The molecule has 0 bridgehead atoms. The molecule has 0 amide bonds. The third-order valence-electron chi connectivity index (χ3n) is 2.29. The summed E-state index contributed by atoms with van der Waals surface area (Å²) in [5.74, 6) is 1.09. The molecule has 0 aromatic heterocycles. The second-order valence-corrected chi connectivity index (χ2v) is 3.01. The maximum absolute atomic E-state index is 4.32. The topological polar surface area (TPSA) is 15.6 Å². The van der Waals surface area contributed by atoms with Gasteiger partial charge in [-0.25, -0.2) is 0 Å². The molecule has 0 saturated heterocycles. The first-order valence-electron chi connectivity index (χ1n) is 4.25. The first-order chi connectivity index (χ1) is 5.66. The second-order valence-electron chi connectivity index (χ2n) is 3.01. The van der Waals surface area contributed by atoms with Gasteiger partial charge in [0.25, 0.3) is 0 Å². The lowest BCUT2D eigenvalue weighted by atomic mass is 10.1. The van der Waals surface area contributed by atoms with Crippen LogP contribution in [0.15, 0.2) is 28.4 Å². The zero-order valence-electron chi connectivity index (χ0n) is 8.26. The van der Waals surface area contributed by atoms with E-state index < -0.39 is 0 Å². The van der Waals surface area contributed by atoms with Crippen LogP contribution in [0.2, 0.25) is 0 Å². The van der Waals surface area contributed by atoms with Gasteiger partial charge in [0.05, 0.1) is 6.54 Å². The molecule has 12 heavy (non-hydrogen) atoms. The molecule has 0 radical (unpaired) electrons. The fraction of sp³-hybridized carbons (Fsp3) is 0.500. The van der Waals surface area contributed by atoms with Crippen LogP contribution >= 0.6 is 0 Å². The second kappa shape index (κ2) is 3.57. The Labute approximate surface area is 74.3 Å². The predicted molar refractivity (Wildman–Crippen MR) is 53.3 cm³/mol. The summed E-state index contributed by atoms with van der Waals surface area (Å²) in [5.41, 5.74) is 2.59. The Hall–Kier alpha value is -1.05. The van der Waals surface area contributed by atoms with E-state index in [4.69, 9.17) is 0 Å². The largest absolute Gasteiger partial charge is 0.333 e. The van der Waals surface area contributed by atoms with Gasteiger partial charge in [0, 0.05) is 12.7 Å². The molecule has 0 unspecified atom stereocenters. The number of aliphatic imine (C=N–C) groups is 1. The fourth-order valence-corrected chi connectivity index (χ4v) is 1.25. The highest BCUT2D eigenvalue weighted by atomic mass is 15.2. The van der Waals surface area contributed by atoms with Crippen LogP contribution in [0, 0.1) is 0 Å². The van der Waals surface area contributed by atoms with Crippen molar-refractivity contribution in [3.05, 3.63) is 23.4 Å². The van der Waals surface area contributed by atoms with Gasteiger partial charge >= 0.3 is 0 Å². The quantitative estimate of drug-likeness (QED) is 0.580. The van der Waals surface area contributed by atoms with Crippen molar-refractivity contribution in [2.24, 2.45) is 4.99 Å². The molecule has 1 heterocycles. The molecule has 0 N–H and O–H groups in total. The van der Waals surface area contributed by atoms with Crippen molar-refractivity contribution in [3.63, 3.8) is 0 Å². The summed E-state index contributed by atoms with van der Waals surface area (Å²) < 4.78 is 0. The van der Waals surface area contributed by atoms with Crippen molar-refractivity contribution >= 4 is 5.84 Å². The summed E-state index contributed by atoms with van der Waals surface area (Å²) in [7, 11) is 2.05. The van der Waals surface area contributed by atoms with Crippen molar-refractivity contribution in [2.75, 3.05) is 13.6 Å². The monoisotopic (exact) mass is 164 g/mol. The molecule has 0 aliphatic carbocycles. The van der Waals surface area contributed by atoms with Gasteiger partial charge in [-0.2, -0.15) is 0 Å². The number of hydrogen-bond acceptors (Lipinski definition) is 2. The molecule has 1 aliphatic rings. The van der Waals surface area contributed by atoms with Gasteiger partial charge in [-0.3, -0.25) is 4.99 Å². The van der Waals surface area contributed by atoms with E-state index in [1.165, 1.54) is 11.3 Å². The molecule has 0 aromatic rings. The van der Waals surface area contributed by atoms with E-state index in [1.807, 2.05) is 6.92 Å². The first kappa shape index (κ1) is 9.04. The highest BCUT2D eigenvalue weighted by molar-refractivity contribution is 5.83. The minimum absolute atomic E-state index is 0.816. The average Bonchev–Trinajstić information content (AvgIpc) is 2.08. The van der Waals surface area contributed by atoms with E-state index in [0.717, 1.165) is 12.4 Å². The molecule has 2 heteroatoms. The molecule has 0 atom stereocenters.